The van der Waals surface area contributed by atoms with Crippen molar-refractivity contribution in [3.8, 4) is 0 Å². The van der Waals surface area contributed by atoms with Crippen LogP contribution in [0.4, 0.5) is 0 Å². The second-order valence-electron chi connectivity index (χ2n) is 2.53. The maximum Gasteiger partial charge on any atom is 0.0695 e. The Morgan fingerprint density at radius 1 is 1.33 bits per heavy atom. The van der Waals surface area contributed by atoms with Crippen molar-refractivity contribution in [1.82, 2.24) is 0 Å². The van der Waals surface area contributed by atoms with Gasteiger partial charge in [0, 0.05) is 14.6 Å². The molecule has 1 nitrogen and oxygen atoms in total. The van der Waals surface area contributed by atoms with Gasteiger partial charge in [0.15, 0.2) is 0 Å². The number of aliphatic hydroxyl groups excluding tert-OH is 1. The summed E-state index contributed by atoms with van der Waals surface area (Å²) in [6, 6.07) is 5.98. The van der Waals surface area contributed by atoms with Crippen molar-refractivity contribution in [2.45, 2.75) is 6.61 Å². The molecule has 1 N–H and O–H groups in total. The second-order valence-corrected chi connectivity index (χ2v) is 4.30. The lowest BCUT2D eigenvalue weighted by molar-refractivity contribution is 0.283. The summed E-state index contributed by atoms with van der Waals surface area (Å²) >= 11 is 5.13. The molecule has 0 unspecified atom stereocenters. The van der Waals surface area contributed by atoms with E-state index < -0.39 is 0 Å². The molecule has 0 aliphatic heterocycles. The highest BCUT2D eigenvalue weighted by molar-refractivity contribution is 9.10. The van der Waals surface area contributed by atoms with Gasteiger partial charge in [-0.15, -0.1) is 11.3 Å². The van der Waals surface area contributed by atoms with Gasteiger partial charge in [-0.05, 0) is 23.1 Å². The molecule has 2 rings (SSSR count). The minimum absolute atomic E-state index is 0.115. The van der Waals surface area contributed by atoms with Crippen LogP contribution in [0.3, 0.4) is 0 Å². The van der Waals surface area contributed by atoms with E-state index in [0.717, 1.165) is 10.0 Å². The van der Waals surface area contributed by atoms with E-state index in [-0.39, 0.29) is 6.61 Å². The Labute approximate surface area is 82.8 Å². The zero-order valence-electron chi connectivity index (χ0n) is 6.25. The summed E-state index contributed by atoms with van der Waals surface area (Å²) in [4.78, 5) is 0. The molecule has 0 radical (unpaired) electrons. The fraction of sp³-hybridized carbons (Fsp3) is 0.111. The van der Waals surface area contributed by atoms with Crippen molar-refractivity contribution in [2.24, 2.45) is 0 Å². The number of hydrogen-bond acceptors (Lipinski definition) is 2. The molecule has 0 fully saturated rings. The van der Waals surface area contributed by atoms with Crippen LogP contribution in [0.15, 0.2) is 28.1 Å². The minimum Gasteiger partial charge on any atom is -0.392 e. The normalized spacial score (nSPS) is 10.8. The molecule has 0 saturated carbocycles. The molecule has 0 spiro atoms. The molecule has 62 valence electrons. The van der Waals surface area contributed by atoms with Crippen LogP contribution in [-0.4, -0.2) is 5.11 Å². The number of halogens is 1. The second kappa shape index (κ2) is 3.17. The zero-order chi connectivity index (χ0) is 8.55. The Bertz CT molecular complexity index is 408. The lowest BCUT2D eigenvalue weighted by Gasteiger charge is -1.99. The first-order chi connectivity index (χ1) is 5.83. The predicted molar refractivity (Wildman–Crippen MR) is 55.4 cm³/mol. The van der Waals surface area contributed by atoms with Gasteiger partial charge in [0.25, 0.3) is 0 Å². The quantitative estimate of drug-likeness (QED) is 0.815. The van der Waals surface area contributed by atoms with Crippen molar-refractivity contribution in [3.63, 3.8) is 0 Å². The third-order valence-electron chi connectivity index (χ3n) is 1.82. The van der Waals surface area contributed by atoms with Crippen molar-refractivity contribution in [1.29, 1.82) is 0 Å². The van der Waals surface area contributed by atoms with Gasteiger partial charge in [0.05, 0.1) is 6.61 Å². The third-order valence-corrected chi connectivity index (χ3v) is 3.50. The zero-order valence-corrected chi connectivity index (χ0v) is 8.65. The highest BCUT2D eigenvalue weighted by Gasteiger charge is 2.03. The average Bonchev–Trinajstić information content (AvgIpc) is 2.54. The molecule has 0 amide bonds. The number of thiophene rings is 1. The fourth-order valence-electron chi connectivity index (χ4n) is 1.21. The maximum absolute atomic E-state index is 9.04. The standard InChI is InChI=1S/C9H7BrOS/c10-8-2-1-6(5-11)9-7(8)3-4-12-9/h1-4,11H,5H2. The SMILES string of the molecule is OCc1ccc(Br)c2ccsc12. The van der Waals surface area contributed by atoms with Crippen molar-refractivity contribution >= 4 is 37.4 Å². The summed E-state index contributed by atoms with van der Waals surface area (Å²) in [5, 5.41) is 12.3. The molecule has 2 aromatic rings. The van der Waals surface area contributed by atoms with Gasteiger partial charge in [0.2, 0.25) is 0 Å². The third kappa shape index (κ3) is 1.18. The van der Waals surface area contributed by atoms with Crippen LogP contribution in [0.25, 0.3) is 10.1 Å². The lowest BCUT2D eigenvalue weighted by atomic mass is 10.2. The van der Waals surface area contributed by atoms with Gasteiger partial charge in [0.1, 0.15) is 0 Å². The van der Waals surface area contributed by atoms with Gasteiger partial charge >= 0.3 is 0 Å². The number of benzene rings is 1. The van der Waals surface area contributed by atoms with Gasteiger partial charge in [-0.3, -0.25) is 0 Å². The molecule has 0 atom stereocenters. The fourth-order valence-corrected chi connectivity index (χ4v) is 2.73. The Balaban J connectivity index is 2.82. The molecule has 1 heterocycles. The Morgan fingerprint density at radius 3 is 2.92 bits per heavy atom. The van der Waals surface area contributed by atoms with E-state index in [1.807, 2.05) is 17.5 Å². The lowest BCUT2D eigenvalue weighted by Crippen LogP contribution is -1.82. The summed E-state index contributed by atoms with van der Waals surface area (Å²) < 4.78 is 2.27. The monoisotopic (exact) mass is 242 g/mol. The van der Waals surface area contributed by atoms with Crippen LogP contribution >= 0.6 is 27.3 Å². The minimum atomic E-state index is 0.115. The molecule has 3 heteroatoms. The summed E-state index contributed by atoms with van der Waals surface area (Å²) in [5.74, 6) is 0. The van der Waals surface area contributed by atoms with Crippen LogP contribution in [0.1, 0.15) is 5.56 Å². The molecule has 1 aromatic heterocycles. The Kier molecular flexibility index (Phi) is 2.17. The van der Waals surface area contributed by atoms with Gasteiger partial charge < -0.3 is 5.11 Å². The molecule has 0 aliphatic rings. The number of fused-ring (bicyclic) bond motifs is 1. The molecule has 12 heavy (non-hydrogen) atoms. The van der Waals surface area contributed by atoms with Crippen molar-refractivity contribution < 1.29 is 5.11 Å². The molecule has 0 bridgehead atoms. The van der Waals surface area contributed by atoms with Crippen molar-refractivity contribution in [2.75, 3.05) is 0 Å². The molecular formula is C9H7BrOS. The molecular weight excluding hydrogens is 236 g/mol. The predicted octanol–water partition coefficient (Wildman–Crippen LogP) is 3.16. The highest BCUT2D eigenvalue weighted by Crippen LogP contribution is 2.31. The molecule has 0 aliphatic carbocycles. The summed E-state index contributed by atoms with van der Waals surface area (Å²) in [6.45, 7) is 0.115. The van der Waals surface area contributed by atoms with Crippen LogP contribution < -0.4 is 0 Å². The molecule has 0 saturated heterocycles. The largest absolute Gasteiger partial charge is 0.392 e. The first kappa shape index (κ1) is 8.23. The van der Waals surface area contributed by atoms with E-state index >= 15 is 0 Å². The van der Waals surface area contributed by atoms with Gasteiger partial charge in [-0.1, -0.05) is 22.0 Å². The summed E-state index contributed by atoms with van der Waals surface area (Å²) in [6.07, 6.45) is 0. The summed E-state index contributed by atoms with van der Waals surface area (Å²) in [5.41, 5.74) is 1.00. The summed E-state index contributed by atoms with van der Waals surface area (Å²) in [7, 11) is 0. The first-order valence-electron chi connectivity index (χ1n) is 3.58. The van der Waals surface area contributed by atoms with Crippen LogP contribution in [-0.2, 0) is 6.61 Å². The van der Waals surface area contributed by atoms with E-state index in [1.165, 1.54) is 10.1 Å². The van der Waals surface area contributed by atoms with E-state index in [0.29, 0.717) is 0 Å². The highest BCUT2D eigenvalue weighted by atomic mass is 79.9. The number of aliphatic hydroxyl groups is 1. The average molecular weight is 243 g/mol. The Morgan fingerprint density at radius 2 is 2.17 bits per heavy atom. The molecule has 1 aromatic carbocycles. The van der Waals surface area contributed by atoms with E-state index in [9.17, 15) is 0 Å². The van der Waals surface area contributed by atoms with E-state index in [2.05, 4.69) is 22.0 Å². The number of hydrogen-bond donors (Lipinski definition) is 1. The smallest absolute Gasteiger partial charge is 0.0695 e. The first-order valence-corrected chi connectivity index (χ1v) is 5.25. The van der Waals surface area contributed by atoms with Gasteiger partial charge in [-0.2, -0.15) is 0 Å². The van der Waals surface area contributed by atoms with Crippen LogP contribution in [0.2, 0.25) is 0 Å². The maximum atomic E-state index is 9.04. The Hall–Kier alpha value is -0.380. The van der Waals surface area contributed by atoms with Crippen LogP contribution in [0.5, 0.6) is 0 Å². The number of rotatable bonds is 1. The topological polar surface area (TPSA) is 20.2 Å². The van der Waals surface area contributed by atoms with Crippen LogP contribution in [0, 0.1) is 0 Å². The van der Waals surface area contributed by atoms with Crippen molar-refractivity contribution in [3.05, 3.63) is 33.6 Å². The van der Waals surface area contributed by atoms with E-state index in [4.69, 9.17) is 5.11 Å². The van der Waals surface area contributed by atoms with Gasteiger partial charge in [-0.25, -0.2) is 0 Å². The van der Waals surface area contributed by atoms with E-state index in [1.54, 1.807) is 11.3 Å².